The fraction of sp³-hybridized carbons (Fsp3) is 0.409. The maximum absolute atomic E-state index is 4.75. The quantitative estimate of drug-likeness (QED) is 0.719. The van der Waals surface area contributed by atoms with Crippen molar-refractivity contribution in [2.75, 3.05) is 6.54 Å². The molecule has 0 spiro atoms. The summed E-state index contributed by atoms with van der Waals surface area (Å²) in [5.74, 6) is 1.73. The molecule has 2 aromatic heterocycles. The lowest BCUT2D eigenvalue weighted by molar-refractivity contribution is 0.210. The van der Waals surface area contributed by atoms with Gasteiger partial charge in [0.2, 0.25) is 0 Å². The van der Waals surface area contributed by atoms with Crippen molar-refractivity contribution >= 4 is 0 Å². The zero-order valence-electron chi connectivity index (χ0n) is 16.1. The second kappa shape index (κ2) is 8.01. The van der Waals surface area contributed by atoms with Gasteiger partial charge in [-0.1, -0.05) is 44.2 Å². The number of fused-ring (bicyclic) bond motifs is 1. The smallest absolute Gasteiger partial charge is 0.131 e. The first-order valence-electron chi connectivity index (χ1n) is 9.79. The highest BCUT2D eigenvalue weighted by atomic mass is 15.2. The molecule has 140 valence electrons. The lowest BCUT2D eigenvalue weighted by Crippen LogP contribution is -2.34. The van der Waals surface area contributed by atoms with Gasteiger partial charge >= 0.3 is 0 Å². The summed E-state index contributed by atoms with van der Waals surface area (Å²) in [4.78, 5) is 19.6. The Bertz CT molecular complexity index is 871. The molecule has 1 N–H and O–H groups in total. The molecule has 5 heteroatoms. The number of aromatic nitrogens is 4. The van der Waals surface area contributed by atoms with Crippen molar-refractivity contribution in [3.05, 3.63) is 77.4 Å². The number of nitrogens with one attached hydrogen (secondary N) is 1. The molecule has 1 aliphatic heterocycles. The van der Waals surface area contributed by atoms with E-state index in [1.807, 2.05) is 18.6 Å². The first-order valence-corrected chi connectivity index (χ1v) is 9.79. The molecule has 3 heterocycles. The molecule has 5 nitrogen and oxygen atoms in total. The zero-order chi connectivity index (χ0) is 18.6. The van der Waals surface area contributed by atoms with Gasteiger partial charge in [-0.15, -0.1) is 0 Å². The van der Waals surface area contributed by atoms with Crippen LogP contribution in [0.3, 0.4) is 0 Å². The average Bonchev–Trinajstić information content (AvgIpc) is 3.16. The predicted octanol–water partition coefficient (Wildman–Crippen LogP) is 4.06. The van der Waals surface area contributed by atoms with E-state index in [0.717, 1.165) is 44.0 Å². The lowest BCUT2D eigenvalue weighted by Gasteiger charge is -2.32. The number of benzene rings is 1. The first kappa shape index (κ1) is 17.9. The summed E-state index contributed by atoms with van der Waals surface area (Å²) in [5.41, 5.74) is 4.98. The highest BCUT2D eigenvalue weighted by molar-refractivity contribution is 5.22. The van der Waals surface area contributed by atoms with E-state index < -0.39 is 0 Å². The third-order valence-corrected chi connectivity index (χ3v) is 5.26. The fourth-order valence-corrected chi connectivity index (χ4v) is 3.84. The molecule has 0 radical (unpaired) electrons. The highest BCUT2D eigenvalue weighted by Gasteiger charge is 2.27. The molecule has 1 aromatic carbocycles. The third-order valence-electron chi connectivity index (χ3n) is 5.26. The van der Waals surface area contributed by atoms with Crippen LogP contribution in [0.25, 0.3) is 0 Å². The molecule has 0 aliphatic carbocycles. The number of H-pyrrole nitrogens is 1. The maximum Gasteiger partial charge on any atom is 0.131 e. The topological polar surface area (TPSA) is 57.7 Å². The van der Waals surface area contributed by atoms with Crippen molar-refractivity contribution in [3.8, 4) is 0 Å². The van der Waals surface area contributed by atoms with Gasteiger partial charge in [0.25, 0.3) is 0 Å². The van der Waals surface area contributed by atoms with Gasteiger partial charge in [-0.05, 0) is 24.5 Å². The second-order valence-corrected chi connectivity index (χ2v) is 7.72. The molecule has 0 bridgehead atoms. The van der Waals surface area contributed by atoms with Crippen LogP contribution in [0.5, 0.6) is 0 Å². The SMILES string of the molecule is CC(C)c1nccc(CN2Cc3[nH]cnc3C(CCc3ccccc3)C2)n1. The van der Waals surface area contributed by atoms with Crippen LogP contribution in [0.15, 0.2) is 48.9 Å². The summed E-state index contributed by atoms with van der Waals surface area (Å²) in [5, 5.41) is 0. The van der Waals surface area contributed by atoms with E-state index in [1.54, 1.807) is 0 Å². The number of imidazole rings is 1. The number of hydrogen-bond donors (Lipinski definition) is 1. The number of nitrogens with zero attached hydrogens (tertiary/aromatic N) is 4. The summed E-state index contributed by atoms with van der Waals surface area (Å²) in [6.07, 6.45) is 5.91. The Balaban J connectivity index is 1.47. The van der Waals surface area contributed by atoms with E-state index in [9.17, 15) is 0 Å². The number of hydrogen-bond acceptors (Lipinski definition) is 4. The van der Waals surface area contributed by atoms with E-state index in [4.69, 9.17) is 4.98 Å². The monoisotopic (exact) mass is 361 g/mol. The fourth-order valence-electron chi connectivity index (χ4n) is 3.84. The van der Waals surface area contributed by atoms with E-state index in [1.165, 1.54) is 17.0 Å². The van der Waals surface area contributed by atoms with E-state index >= 15 is 0 Å². The van der Waals surface area contributed by atoms with Gasteiger partial charge in [-0.25, -0.2) is 15.0 Å². The molecule has 0 amide bonds. The maximum atomic E-state index is 4.75. The van der Waals surface area contributed by atoms with Crippen LogP contribution in [-0.4, -0.2) is 31.4 Å². The Morgan fingerprint density at radius 3 is 2.81 bits per heavy atom. The van der Waals surface area contributed by atoms with Gasteiger partial charge in [-0.3, -0.25) is 4.90 Å². The summed E-state index contributed by atoms with van der Waals surface area (Å²) >= 11 is 0. The largest absolute Gasteiger partial charge is 0.347 e. The van der Waals surface area contributed by atoms with Crippen LogP contribution in [0, 0.1) is 0 Å². The minimum atomic E-state index is 0.351. The highest BCUT2D eigenvalue weighted by Crippen LogP contribution is 2.30. The molecule has 1 aliphatic rings. The second-order valence-electron chi connectivity index (χ2n) is 7.72. The lowest BCUT2D eigenvalue weighted by atomic mass is 9.92. The Morgan fingerprint density at radius 2 is 2.00 bits per heavy atom. The summed E-state index contributed by atoms with van der Waals surface area (Å²) < 4.78 is 0. The van der Waals surface area contributed by atoms with Crippen LogP contribution >= 0.6 is 0 Å². The van der Waals surface area contributed by atoms with Crippen LogP contribution in [0.1, 0.15) is 60.6 Å². The zero-order valence-corrected chi connectivity index (χ0v) is 16.1. The summed E-state index contributed by atoms with van der Waals surface area (Å²) in [6, 6.07) is 12.8. The van der Waals surface area contributed by atoms with Gasteiger partial charge in [-0.2, -0.15) is 0 Å². The summed E-state index contributed by atoms with van der Waals surface area (Å²) in [6.45, 7) is 7.04. The van der Waals surface area contributed by atoms with Crippen molar-refractivity contribution < 1.29 is 0 Å². The molecule has 3 aromatic rings. The Hall–Kier alpha value is -2.53. The molecule has 27 heavy (non-hydrogen) atoms. The van der Waals surface area contributed by atoms with Crippen molar-refractivity contribution in [1.29, 1.82) is 0 Å². The standard InChI is InChI=1S/C22H27N5/c1-16(2)22-23-11-10-19(26-22)13-27-12-18(21-20(14-27)24-15-25-21)9-8-17-6-4-3-5-7-17/h3-7,10-11,15-16,18H,8-9,12-14H2,1-2H3,(H,24,25). The number of aromatic amines is 1. The average molecular weight is 361 g/mol. The third kappa shape index (κ3) is 4.25. The van der Waals surface area contributed by atoms with Crippen molar-refractivity contribution in [1.82, 2.24) is 24.8 Å². The molecule has 1 atom stereocenters. The molecular formula is C22H27N5. The van der Waals surface area contributed by atoms with Crippen molar-refractivity contribution in [2.45, 2.75) is 51.6 Å². The first-order chi connectivity index (χ1) is 13.2. The predicted molar refractivity (Wildman–Crippen MR) is 106 cm³/mol. The van der Waals surface area contributed by atoms with Crippen LogP contribution in [0.4, 0.5) is 0 Å². The van der Waals surface area contributed by atoms with Crippen LogP contribution < -0.4 is 0 Å². The molecule has 1 unspecified atom stereocenters. The van der Waals surface area contributed by atoms with E-state index in [-0.39, 0.29) is 0 Å². The van der Waals surface area contributed by atoms with Gasteiger partial charge in [0.15, 0.2) is 0 Å². The van der Waals surface area contributed by atoms with Crippen molar-refractivity contribution in [2.24, 2.45) is 0 Å². The molecule has 4 rings (SSSR count). The van der Waals surface area contributed by atoms with Crippen molar-refractivity contribution in [3.63, 3.8) is 0 Å². The van der Waals surface area contributed by atoms with Gasteiger partial charge in [0.05, 0.1) is 23.4 Å². The van der Waals surface area contributed by atoms with E-state index in [0.29, 0.717) is 11.8 Å². The Labute approximate surface area is 160 Å². The van der Waals surface area contributed by atoms with Gasteiger partial charge in [0.1, 0.15) is 5.82 Å². The Kier molecular flexibility index (Phi) is 5.30. The van der Waals surface area contributed by atoms with Crippen LogP contribution in [0.2, 0.25) is 0 Å². The van der Waals surface area contributed by atoms with Crippen LogP contribution in [-0.2, 0) is 19.5 Å². The van der Waals surface area contributed by atoms with Gasteiger partial charge < -0.3 is 4.98 Å². The van der Waals surface area contributed by atoms with E-state index in [2.05, 4.69) is 64.0 Å². The molecule has 0 saturated carbocycles. The molecule has 0 saturated heterocycles. The minimum absolute atomic E-state index is 0.351. The Morgan fingerprint density at radius 1 is 1.15 bits per heavy atom. The minimum Gasteiger partial charge on any atom is -0.347 e. The van der Waals surface area contributed by atoms with Gasteiger partial charge in [0, 0.05) is 37.7 Å². The summed E-state index contributed by atoms with van der Waals surface area (Å²) in [7, 11) is 0. The normalized spacial score (nSPS) is 17.2. The number of aryl methyl sites for hydroxylation is 1. The number of rotatable bonds is 6. The molecule has 0 fully saturated rings. The molecular weight excluding hydrogens is 334 g/mol.